The maximum atomic E-state index is 12.9. The van der Waals surface area contributed by atoms with Gasteiger partial charge in [-0.1, -0.05) is 51.3 Å². The van der Waals surface area contributed by atoms with E-state index in [0.29, 0.717) is 28.2 Å². The Morgan fingerprint density at radius 1 is 1.16 bits per heavy atom. The number of hydrogen-bond acceptors (Lipinski definition) is 6. The van der Waals surface area contributed by atoms with E-state index in [1.54, 1.807) is 6.07 Å². The Hall–Kier alpha value is -4.46. The lowest BCUT2D eigenvalue weighted by Crippen LogP contribution is -2.32. The Balaban J connectivity index is 0.00000130. The van der Waals surface area contributed by atoms with E-state index in [4.69, 9.17) is 21.9 Å². The average Bonchev–Trinajstić information content (AvgIpc) is 3.79. The van der Waals surface area contributed by atoms with Crippen molar-refractivity contribution in [3.05, 3.63) is 69.4 Å². The molecule has 240 valence electrons. The largest absolute Gasteiger partial charge is 0.398 e. The van der Waals surface area contributed by atoms with Crippen LogP contribution in [0.25, 0.3) is 22.2 Å². The average molecular weight is 610 g/mol. The summed E-state index contributed by atoms with van der Waals surface area (Å²) in [4.78, 5) is 25.7. The number of H-pyrrole nitrogens is 1. The molecular formula is C37H51N7O. The Morgan fingerprint density at radius 3 is 2.40 bits per heavy atom. The standard InChI is InChI=1S/C33H41N7O.C4H10/c1-7-19(4)29-30-24(17-34)25(35)13-14-26(30)40-31(29)32(33(36)41)39-21(6)23-12-9-18(3)15-28(23)38-20(5)16-27(37-8-2)22-10-11-22;1-3-4-2/h8-9,12-17,20,22,34,38,40H,7,10-11,35H2,1-6H3,(H2,36,41);3-4H2,1-2H3/b27-16-,29-19+,32-31+,34-17?,37-8?,39-21?;. The molecular weight excluding hydrogens is 558 g/mol. The minimum atomic E-state index is -0.644. The van der Waals surface area contributed by atoms with Crippen LogP contribution >= 0.6 is 0 Å². The van der Waals surface area contributed by atoms with Gasteiger partial charge in [-0.05, 0) is 83.7 Å². The molecule has 0 radical (unpaired) electrons. The molecule has 1 atom stereocenters. The van der Waals surface area contributed by atoms with Crippen molar-refractivity contribution in [1.82, 2.24) is 4.98 Å². The van der Waals surface area contributed by atoms with Gasteiger partial charge in [-0.3, -0.25) is 9.79 Å². The summed E-state index contributed by atoms with van der Waals surface area (Å²) >= 11 is 0. The molecule has 4 rings (SSSR count). The van der Waals surface area contributed by atoms with Crippen LogP contribution < -0.4 is 27.4 Å². The molecule has 45 heavy (non-hydrogen) atoms. The van der Waals surface area contributed by atoms with Crippen LogP contribution in [0.1, 0.15) is 97.3 Å². The fourth-order valence-electron chi connectivity index (χ4n) is 5.18. The van der Waals surface area contributed by atoms with Crippen molar-refractivity contribution in [2.45, 2.75) is 93.5 Å². The molecule has 1 saturated carbocycles. The molecule has 1 aliphatic rings. The number of benzene rings is 2. The fraction of sp³-hybridized carbons (Fsp3) is 0.405. The molecule has 0 aliphatic heterocycles. The second-order valence-electron chi connectivity index (χ2n) is 11.8. The minimum absolute atomic E-state index is 0.0364. The number of carbonyl (C=O) groups excluding carboxylic acids is 1. The van der Waals surface area contributed by atoms with Crippen molar-refractivity contribution in [3.63, 3.8) is 0 Å². The zero-order valence-electron chi connectivity index (χ0n) is 28.3. The van der Waals surface area contributed by atoms with Gasteiger partial charge in [0.2, 0.25) is 0 Å². The van der Waals surface area contributed by atoms with Crippen LogP contribution in [0.3, 0.4) is 0 Å². The van der Waals surface area contributed by atoms with E-state index < -0.39 is 5.91 Å². The molecule has 1 amide bonds. The lowest BCUT2D eigenvalue weighted by Gasteiger charge is -2.17. The van der Waals surface area contributed by atoms with Gasteiger partial charge < -0.3 is 27.2 Å². The first kappa shape index (κ1) is 35.0. The number of aromatic amines is 1. The highest BCUT2D eigenvalue weighted by Crippen LogP contribution is 2.37. The topological polar surface area (TPSA) is 146 Å². The molecule has 2 aromatic carbocycles. The normalized spacial score (nSPS) is 15.8. The monoisotopic (exact) mass is 609 g/mol. The van der Waals surface area contributed by atoms with Gasteiger partial charge in [0, 0.05) is 74.4 Å². The van der Waals surface area contributed by atoms with Crippen molar-refractivity contribution >= 4 is 57.6 Å². The van der Waals surface area contributed by atoms with Gasteiger partial charge in [0.25, 0.3) is 5.91 Å². The summed E-state index contributed by atoms with van der Waals surface area (Å²) in [5.74, 6) is -0.101. The van der Waals surface area contributed by atoms with Crippen LogP contribution in [-0.2, 0) is 4.79 Å². The highest BCUT2D eigenvalue weighted by atomic mass is 16.1. The Bertz CT molecular complexity index is 1750. The van der Waals surface area contributed by atoms with E-state index in [-0.39, 0.29) is 11.7 Å². The quantitative estimate of drug-likeness (QED) is 0.121. The number of amides is 1. The molecule has 8 nitrogen and oxygen atoms in total. The zero-order chi connectivity index (χ0) is 33.3. The number of carbonyl (C=O) groups is 1. The van der Waals surface area contributed by atoms with Crippen LogP contribution in [0.4, 0.5) is 11.4 Å². The summed E-state index contributed by atoms with van der Waals surface area (Å²) in [6.45, 7) is 16.4. The summed E-state index contributed by atoms with van der Waals surface area (Å²) in [6.07, 6.45) is 11.0. The summed E-state index contributed by atoms with van der Waals surface area (Å²) in [7, 11) is 0. The van der Waals surface area contributed by atoms with Crippen LogP contribution in [0, 0.1) is 18.3 Å². The highest BCUT2D eigenvalue weighted by molar-refractivity contribution is 6.17. The molecule has 1 fully saturated rings. The summed E-state index contributed by atoms with van der Waals surface area (Å²) in [5, 5.41) is 13.8. The minimum Gasteiger partial charge on any atom is -0.398 e. The van der Waals surface area contributed by atoms with Crippen LogP contribution in [-0.4, -0.2) is 35.1 Å². The predicted molar refractivity (Wildman–Crippen MR) is 194 cm³/mol. The van der Waals surface area contributed by atoms with Gasteiger partial charge in [0.05, 0.1) is 5.35 Å². The van der Waals surface area contributed by atoms with Gasteiger partial charge in [0.15, 0.2) is 5.70 Å². The van der Waals surface area contributed by atoms with Gasteiger partial charge in [-0.2, -0.15) is 0 Å². The maximum absolute atomic E-state index is 12.9. The molecule has 0 bridgehead atoms. The van der Waals surface area contributed by atoms with Crippen molar-refractivity contribution in [3.8, 4) is 0 Å². The number of nitrogens with zero attached hydrogens (tertiary/aromatic N) is 2. The van der Waals surface area contributed by atoms with E-state index in [1.165, 1.54) is 31.9 Å². The molecule has 7 N–H and O–H groups in total. The second kappa shape index (κ2) is 16.0. The first-order chi connectivity index (χ1) is 21.5. The third-order valence-corrected chi connectivity index (χ3v) is 8.03. The van der Waals surface area contributed by atoms with Crippen molar-refractivity contribution in [1.29, 1.82) is 5.41 Å². The molecule has 1 aliphatic carbocycles. The zero-order valence-corrected chi connectivity index (χ0v) is 28.3. The number of rotatable bonds is 11. The van der Waals surface area contributed by atoms with Gasteiger partial charge in [-0.25, -0.2) is 4.99 Å². The van der Waals surface area contributed by atoms with Crippen molar-refractivity contribution < 1.29 is 4.79 Å². The Morgan fingerprint density at radius 2 is 1.84 bits per heavy atom. The van der Waals surface area contributed by atoms with Crippen molar-refractivity contribution in [2.75, 3.05) is 11.1 Å². The van der Waals surface area contributed by atoms with Gasteiger partial charge in [0.1, 0.15) is 0 Å². The van der Waals surface area contributed by atoms with Gasteiger partial charge in [-0.15, -0.1) is 0 Å². The van der Waals surface area contributed by atoms with Gasteiger partial charge >= 0.3 is 0 Å². The van der Waals surface area contributed by atoms with Crippen LogP contribution in [0.2, 0.25) is 0 Å². The third kappa shape index (κ3) is 8.59. The molecule has 1 heterocycles. The summed E-state index contributed by atoms with van der Waals surface area (Å²) in [5.41, 5.74) is 19.9. The van der Waals surface area contributed by atoms with E-state index in [9.17, 15) is 4.79 Å². The van der Waals surface area contributed by atoms with E-state index in [0.717, 1.165) is 50.6 Å². The number of unbranched alkanes of at least 4 members (excludes halogenated alkanes) is 1. The van der Waals surface area contributed by atoms with Crippen LogP contribution in [0.5, 0.6) is 0 Å². The molecule has 8 heteroatoms. The number of aromatic nitrogens is 1. The number of nitrogens with two attached hydrogens (primary N) is 2. The van der Waals surface area contributed by atoms with E-state index >= 15 is 0 Å². The molecule has 0 spiro atoms. The highest BCUT2D eigenvalue weighted by Gasteiger charge is 2.26. The van der Waals surface area contributed by atoms with E-state index in [2.05, 4.69) is 48.2 Å². The number of nitrogens with one attached hydrogen (secondary N) is 3. The first-order valence-corrected chi connectivity index (χ1v) is 16.1. The smallest absolute Gasteiger partial charge is 0.269 e. The number of nitrogen functional groups attached to an aromatic ring is 1. The number of fused-ring (bicyclic) bond motifs is 1. The number of anilines is 2. The summed E-state index contributed by atoms with van der Waals surface area (Å²) in [6, 6.07) is 9.79. The SMILES string of the molecule is CC=N/C(=C\C(C)Nc1cc(C)ccc1C(C)=N/C(C(N)=O)=c1/[nH]c2ccc(N)c(C=N)c2/c1=C(/C)CC)C1CC1.CCCC. The van der Waals surface area contributed by atoms with Crippen molar-refractivity contribution in [2.24, 2.45) is 21.6 Å². The fourth-order valence-corrected chi connectivity index (χ4v) is 5.18. The Kier molecular flexibility index (Phi) is 12.5. The molecule has 1 unspecified atom stereocenters. The molecule has 3 aromatic rings. The maximum Gasteiger partial charge on any atom is 0.269 e. The number of allylic oxidation sites excluding steroid dienone is 1. The predicted octanol–water partition coefficient (Wildman–Crippen LogP) is 6.73. The number of primary amides is 1. The number of hydrogen-bond donors (Lipinski definition) is 5. The van der Waals surface area contributed by atoms with Crippen LogP contribution in [0.15, 0.2) is 52.1 Å². The lowest BCUT2D eigenvalue weighted by atomic mass is 10.0. The number of aryl methyl sites for hydroxylation is 1. The molecule has 0 saturated heterocycles. The Labute approximate surface area is 268 Å². The lowest BCUT2D eigenvalue weighted by molar-refractivity contribution is -0.113. The first-order valence-electron chi connectivity index (χ1n) is 16.1. The third-order valence-electron chi connectivity index (χ3n) is 8.03. The second-order valence-corrected chi connectivity index (χ2v) is 11.8. The van der Waals surface area contributed by atoms with E-state index in [1.807, 2.05) is 59.0 Å². The summed E-state index contributed by atoms with van der Waals surface area (Å²) < 4.78 is 0. The number of aliphatic imine (C=N–C) groups is 2. The molecule has 1 aromatic heterocycles.